The van der Waals surface area contributed by atoms with Gasteiger partial charge < -0.3 is 0 Å². The van der Waals surface area contributed by atoms with Crippen molar-refractivity contribution in [1.82, 2.24) is 9.38 Å². The molecule has 0 aliphatic rings. The molecular weight excluding hydrogens is 262 g/mol. The quantitative estimate of drug-likeness (QED) is 0.778. The number of anilines is 1. The van der Waals surface area contributed by atoms with Gasteiger partial charge >= 0.3 is 0 Å². The van der Waals surface area contributed by atoms with E-state index in [9.17, 15) is 4.79 Å². The van der Waals surface area contributed by atoms with Crippen molar-refractivity contribution in [3.05, 3.63) is 65.4 Å². The van der Waals surface area contributed by atoms with E-state index >= 15 is 0 Å². The van der Waals surface area contributed by atoms with E-state index in [4.69, 9.17) is 11.6 Å². The van der Waals surface area contributed by atoms with Crippen LogP contribution in [0, 0.1) is 0 Å². The predicted molar refractivity (Wildman–Crippen MR) is 74.6 cm³/mol. The van der Waals surface area contributed by atoms with Crippen molar-refractivity contribution in [3.63, 3.8) is 0 Å². The summed E-state index contributed by atoms with van der Waals surface area (Å²) in [5.41, 5.74) is 1.34. The summed E-state index contributed by atoms with van der Waals surface area (Å²) in [7, 11) is 0. The molecule has 0 aliphatic heterocycles. The highest BCUT2D eigenvalue weighted by molar-refractivity contribution is 6.34. The van der Waals surface area contributed by atoms with E-state index in [1.807, 2.05) is 24.4 Å². The topological polar surface area (TPSA) is 46.4 Å². The van der Waals surface area contributed by atoms with Crippen LogP contribution in [0.4, 0.5) is 5.95 Å². The predicted octanol–water partition coefficient (Wildman–Crippen LogP) is 3.24. The highest BCUT2D eigenvalue weighted by atomic mass is 35.5. The maximum atomic E-state index is 12.1. The average Bonchev–Trinajstić information content (AvgIpc) is 2.83. The molecule has 1 amide bonds. The fraction of sp³-hybridized carbons (Fsp3) is 0. The molecule has 0 bridgehead atoms. The lowest BCUT2D eigenvalue weighted by Crippen LogP contribution is -2.14. The Balaban J connectivity index is 1.94. The van der Waals surface area contributed by atoms with E-state index < -0.39 is 0 Å². The van der Waals surface area contributed by atoms with Crippen LogP contribution in [0.5, 0.6) is 0 Å². The molecule has 3 aromatic rings. The van der Waals surface area contributed by atoms with Crippen LogP contribution < -0.4 is 5.32 Å². The van der Waals surface area contributed by atoms with Crippen LogP contribution in [0.3, 0.4) is 0 Å². The molecule has 5 heteroatoms. The van der Waals surface area contributed by atoms with Crippen LogP contribution in [0.2, 0.25) is 5.02 Å². The second-order valence-corrected chi connectivity index (χ2v) is 4.42. The summed E-state index contributed by atoms with van der Waals surface area (Å²) in [6.07, 6.45) is 3.53. The first-order chi connectivity index (χ1) is 9.25. The SMILES string of the molecule is O=C(Nc1ncc2ccccn12)c1ccccc1Cl. The number of benzene rings is 1. The highest BCUT2D eigenvalue weighted by Gasteiger charge is 2.12. The smallest absolute Gasteiger partial charge is 0.259 e. The molecule has 0 saturated carbocycles. The van der Waals surface area contributed by atoms with E-state index in [0.717, 1.165) is 5.52 Å². The summed E-state index contributed by atoms with van der Waals surface area (Å²) in [6, 6.07) is 12.6. The number of nitrogens with zero attached hydrogens (tertiary/aromatic N) is 2. The van der Waals surface area contributed by atoms with E-state index in [-0.39, 0.29) is 5.91 Å². The molecule has 3 rings (SSSR count). The number of pyridine rings is 1. The molecule has 19 heavy (non-hydrogen) atoms. The van der Waals surface area contributed by atoms with Crippen LogP contribution >= 0.6 is 11.6 Å². The highest BCUT2D eigenvalue weighted by Crippen LogP contribution is 2.17. The Morgan fingerprint density at radius 1 is 1.16 bits per heavy atom. The summed E-state index contributed by atoms with van der Waals surface area (Å²) in [6.45, 7) is 0. The maximum Gasteiger partial charge on any atom is 0.259 e. The molecule has 0 spiro atoms. The summed E-state index contributed by atoms with van der Waals surface area (Å²) in [5, 5.41) is 3.17. The van der Waals surface area contributed by atoms with Gasteiger partial charge in [0.2, 0.25) is 5.95 Å². The number of carbonyl (C=O) groups excluding carboxylic acids is 1. The molecule has 0 fully saturated rings. The van der Waals surface area contributed by atoms with Crippen LogP contribution in [0.1, 0.15) is 10.4 Å². The van der Waals surface area contributed by atoms with Gasteiger partial charge in [0.1, 0.15) is 0 Å². The van der Waals surface area contributed by atoms with Crippen molar-refractivity contribution in [2.24, 2.45) is 0 Å². The van der Waals surface area contributed by atoms with Gasteiger partial charge in [-0.25, -0.2) is 4.98 Å². The van der Waals surface area contributed by atoms with Gasteiger partial charge in [-0.1, -0.05) is 29.8 Å². The van der Waals surface area contributed by atoms with Crippen molar-refractivity contribution < 1.29 is 4.79 Å². The lowest BCUT2D eigenvalue weighted by atomic mass is 10.2. The molecule has 0 saturated heterocycles. The number of hydrogen-bond donors (Lipinski definition) is 1. The van der Waals surface area contributed by atoms with Gasteiger partial charge in [-0.05, 0) is 24.3 Å². The third kappa shape index (κ3) is 2.18. The van der Waals surface area contributed by atoms with Crippen molar-refractivity contribution in [3.8, 4) is 0 Å². The second-order valence-electron chi connectivity index (χ2n) is 4.01. The van der Waals surface area contributed by atoms with Crippen molar-refractivity contribution in [2.45, 2.75) is 0 Å². The number of fused-ring (bicyclic) bond motifs is 1. The van der Waals surface area contributed by atoms with E-state index in [0.29, 0.717) is 16.5 Å². The molecular formula is C14H10ClN3O. The molecule has 0 unspecified atom stereocenters. The zero-order valence-corrected chi connectivity index (χ0v) is 10.6. The van der Waals surface area contributed by atoms with Crippen molar-refractivity contribution in [1.29, 1.82) is 0 Å². The minimum Gasteiger partial charge on any atom is -0.291 e. The monoisotopic (exact) mass is 271 g/mol. The zero-order valence-electron chi connectivity index (χ0n) is 9.88. The number of nitrogens with one attached hydrogen (secondary N) is 1. The number of aromatic nitrogens is 2. The molecule has 0 atom stereocenters. The van der Waals surface area contributed by atoms with Gasteiger partial charge in [0, 0.05) is 6.20 Å². The van der Waals surface area contributed by atoms with Gasteiger partial charge in [0.15, 0.2) is 0 Å². The Kier molecular flexibility index (Phi) is 2.93. The second kappa shape index (κ2) is 4.74. The third-order valence-electron chi connectivity index (χ3n) is 2.78. The van der Waals surface area contributed by atoms with Crippen LogP contribution in [0.25, 0.3) is 5.52 Å². The molecule has 4 nitrogen and oxygen atoms in total. The number of rotatable bonds is 2. The molecule has 1 N–H and O–H groups in total. The Morgan fingerprint density at radius 3 is 2.79 bits per heavy atom. The molecule has 94 valence electrons. The fourth-order valence-electron chi connectivity index (χ4n) is 1.85. The van der Waals surface area contributed by atoms with Crippen molar-refractivity contribution in [2.75, 3.05) is 5.32 Å². The van der Waals surface area contributed by atoms with Gasteiger partial charge in [-0.15, -0.1) is 0 Å². The van der Waals surface area contributed by atoms with Gasteiger partial charge in [0.05, 0.1) is 22.3 Å². The molecule has 1 aromatic carbocycles. The largest absolute Gasteiger partial charge is 0.291 e. The van der Waals surface area contributed by atoms with Gasteiger partial charge in [-0.2, -0.15) is 0 Å². The number of imidazole rings is 1. The van der Waals surface area contributed by atoms with Crippen LogP contribution in [-0.2, 0) is 0 Å². The molecule has 2 heterocycles. The lowest BCUT2D eigenvalue weighted by molar-refractivity contribution is 0.102. The molecule has 0 aliphatic carbocycles. The van der Waals surface area contributed by atoms with E-state index in [1.165, 1.54) is 0 Å². The van der Waals surface area contributed by atoms with Crippen LogP contribution in [0.15, 0.2) is 54.9 Å². The Labute approximate surface area is 114 Å². The number of carbonyl (C=O) groups is 1. The minimum absolute atomic E-state index is 0.276. The van der Waals surface area contributed by atoms with Gasteiger partial charge in [0.25, 0.3) is 5.91 Å². The maximum absolute atomic E-state index is 12.1. The Hall–Kier alpha value is -2.33. The molecule has 0 radical (unpaired) electrons. The fourth-order valence-corrected chi connectivity index (χ4v) is 2.07. The first-order valence-electron chi connectivity index (χ1n) is 5.74. The van der Waals surface area contributed by atoms with Crippen molar-refractivity contribution >= 4 is 29.0 Å². The summed E-state index contributed by atoms with van der Waals surface area (Å²) in [5.74, 6) is 0.197. The summed E-state index contributed by atoms with van der Waals surface area (Å²) >= 11 is 5.99. The summed E-state index contributed by atoms with van der Waals surface area (Å²) < 4.78 is 1.80. The standard InChI is InChI=1S/C14H10ClN3O/c15-12-7-2-1-6-11(12)13(19)17-14-16-9-10-5-3-4-8-18(10)14/h1-9H,(H,16,17,19). The Morgan fingerprint density at radius 2 is 1.95 bits per heavy atom. The van der Waals surface area contributed by atoms with Gasteiger partial charge in [-0.3, -0.25) is 14.5 Å². The first kappa shape index (κ1) is 11.7. The Bertz CT molecular complexity index is 751. The normalized spacial score (nSPS) is 10.6. The van der Waals surface area contributed by atoms with Crippen LogP contribution in [-0.4, -0.2) is 15.3 Å². The zero-order chi connectivity index (χ0) is 13.2. The minimum atomic E-state index is -0.276. The third-order valence-corrected chi connectivity index (χ3v) is 3.11. The number of halogens is 1. The molecule has 2 aromatic heterocycles. The van der Waals surface area contributed by atoms with E-state index in [2.05, 4.69) is 10.3 Å². The average molecular weight is 272 g/mol. The lowest BCUT2D eigenvalue weighted by Gasteiger charge is -2.05. The first-order valence-corrected chi connectivity index (χ1v) is 6.11. The number of hydrogen-bond acceptors (Lipinski definition) is 2. The summed E-state index contributed by atoms with van der Waals surface area (Å²) in [4.78, 5) is 16.3. The van der Waals surface area contributed by atoms with E-state index in [1.54, 1.807) is 34.9 Å². The number of amides is 1.